The van der Waals surface area contributed by atoms with Crippen molar-refractivity contribution in [1.29, 1.82) is 0 Å². The normalized spacial score (nSPS) is 18.6. The second-order valence-corrected chi connectivity index (χ2v) is 18.2. The smallest absolute Gasteiger partial charge is 0.408 e. The summed E-state index contributed by atoms with van der Waals surface area (Å²) in [5, 5.41) is 7.26. The predicted octanol–water partition coefficient (Wildman–Crippen LogP) is 8.80. The molecule has 0 radical (unpaired) electrons. The number of carbonyl (C=O) groups is 4. The van der Waals surface area contributed by atoms with Crippen molar-refractivity contribution in [3.63, 3.8) is 0 Å². The molecule has 0 bridgehead atoms. The van der Waals surface area contributed by atoms with Crippen molar-refractivity contribution in [2.45, 2.75) is 114 Å². The van der Waals surface area contributed by atoms with Crippen LogP contribution < -0.4 is 16.0 Å². The van der Waals surface area contributed by atoms with E-state index in [1.165, 1.54) is 13.8 Å². The van der Waals surface area contributed by atoms with Crippen molar-refractivity contribution in [1.82, 2.24) is 16.0 Å². The maximum atomic E-state index is 18.0. The van der Waals surface area contributed by atoms with Gasteiger partial charge in [-0.1, -0.05) is 182 Å². The third kappa shape index (κ3) is 17.4. The van der Waals surface area contributed by atoms with Crippen molar-refractivity contribution < 1.29 is 61.1 Å². The molecular weight excluding hydrogens is 965 g/mol. The molecule has 75 heavy (non-hydrogen) atoms. The third-order valence-electron chi connectivity index (χ3n) is 12.3. The number of hydrogen-bond acceptors (Lipinski definition) is 11. The van der Waals surface area contributed by atoms with Crippen LogP contribution in [-0.4, -0.2) is 85.1 Å². The van der Waals surface area contributed by atoms with E-state index in [-0.39, 0.29) is 46.2 Å². The number of nitrogens with one attached hydrogen (secondary N) is 3. The predicted molar refractivity (Wildman–Crippen MR) is 274 cm³/mol. The molecule has 6 aromatic carbocycles. The molecule has 1 fully saturated rings. The first-order valence-corrected chi connectivity index (χ1v) is 24.8. The molecule has 6 aromatic rings. The van der Waals surface area contributed by atoms with E-state index in [0.29, 0.717) is 11.1 Å². The number of carbonyl (C=O) groups excluding carboxylic acids is 4. The van der Waals surface area contributed by atoms with E-state index >= 15 is 8.78 Å². The van der Waals surface area contributed by atoms with Crippen LogP contribution in [0.4, 0.5) is 13.6 Å². The minimum atomic E-state index is -4.02. The van der Waals surface area contributed by atoms with Crippen LogP contribution in [0.25, 0.3) is 0 Å². The minimum Gasteiger partial charge on any atom is -0.459 e. The van der Waals surface area contributed by atoms with Crippen LogP contribution in [0.5, 0.6) is 0 Å². The molecule has 0 saturated carbocycles. The fraction of sp³-hybridized carbons (Fsp3) is 0.322. The summed E-state index contributed by atoms with van der Waals surface area (Å²) in [6.07, 6.45) is -9.79. The van der Waals surface area contributed by atoms with Gasteiger partial charge in [-0.15, -0.1) is 0 Å². The molecule has 8 atom stereocenters. The number of alkyl halides is 2. The zero-order valence-corrected chi connectivity index (χ0v) is 41.8. The van der Waals surface area contributed by atoms with Gasteiger partial charge in [0.05, 0.1) is 33.0 Å². The molecule has 1 heterocycles. The SMILES string of the molecule is C[C@H](NC(=O)[C@@H](CC(F)(F)[C@@H]1O[C@H](COCc2ccccc2)[C@H](OCc2ccccc2)[C@H](OCc2ccccc2)[C@H]1OCc1ccccc1)NC(=O)OCc1ccccc1)C(=O)N[C@@H](C)C(=O)OCc1ccccc1. The lowest BCUT2D eigenvalue weighted by Gasteiger charge is -2.48. The lowest BCUT2D eigenvalue weighted by atomic mass is 9.88. The summed E-state index contributed by atoms with van der Waals surface area (Å²) in [7, 11) is 0. The number of esters is 1. The third-order valence-corrected chi connectivity index (χ3v) is 12.3. The summed E-state index contributed by atoms with van der Waals surface area (Å²) in [5.41, 5.74) is 4.38. The van der Waals surface area contributed by atoms with E-state index in [1.807, 2.05) is 103 Å². The number of benzene rings is 6. The van der Waals surface area contributed by atoms with E-state index in [2.05, 4.69) is 16.0 Å². The highest BCUT2D eigenvalue weighted by Gasteiger charge is 2.58. The Morgan fingerprint density at radius 1 is 0.480 bits per heavy atom. The fourth-order valence-corrected chi connectivity index (χ4v) is 8.26. The molecule has 0 aromatic heterocycles. The molecule has 394 valence electrons. The van der Waals surface area contributed by atoms with E-state index in [0.717, 1.165) is 22.3 Å². The van der Waals surface area contributed by atoms with Gasteiger partial charge in [0.15, 0.2) is 6.10 Å². The molecule has 3 N–H and O–H groups in total. The Morgan fingerprint density at radius 2 is 0.867 bits per heavy atom. The Bertz CT molecular complexity index is 2660. The van der Waals surface area contributed by atoms with E-state index in [9.17, 15) is 19.2 Å². The average molecular weight is 1030 g/mol. The van der Waals surface area contributed by atoms with Gasteiger partial charge in [-0.25, -0.2) is 18.4 Å². The Labute approximate surface area is 436 Å². The molecule has 1 saturated heterocycles. The highest BCUT2D eigenvalue weighted by Crippen LogP contribution is 2.40. The Kier molecular flexibility index (Phi) is 21.0. The first-order valence-electron chi connectivity index (χ1n) is 24.8. The maximum Gasteiger partial charge on any atom is 0.408 e. The summed E-state index contributed by atoms with van der Waals surface area (Å²) in [6.45, 7) is 2.20. The lowest BCUT2D eigenvalue weighted by Crippen LogP contribution is -2.66. The average Bonchev–Trinajstić information content (AvgIpc) is 3.43. The number of hydrogen-bond donors (Lipinski definition) is 3. The number of ether oxygens (including phenoxy) is 7. The van der Waals surface area contributed by atoms with Crippen molar-refractivity contribution in [2.75, 3.05) is 6.61 Å². The quantitative estimate of drug-likeness (QED) is 0.0444. The second-order valence-electron chi connectivity index (χ2n) is 18.2. The number of alkyl carbamates (subject to hydrolysis) is 1. The van der Waals surface area contributed by atoms with E-state index < -0.39 is 84.9 Å². The van der Waals surface area contributed by atoms with Crippen LogP contribution in [-0.2, 0) is 87.2 Å². The summed E-state index contributed by atoms with van der Waals surface area (Å²) in [5.74, 6) is -6.75. The number of rotatable bonds is 26. The Balaban J connectivity index is 1.18. The maximum absolute atomic E-state index is 18.0. The zero-order chi connectivity index (χ0) is 52.8. The summed E-state index contributed by atoms with van der Waals surface area (Å²) >= 11 is 0. The molecule has 16 heteroatoms. The van der Waals surface area contributed by atoms with Gasteiger partial charge in [-0.05, 0) is 47.2 Å². The van der Waals surface area contributed by atoms with Crippen molar-refractivity contribution >= 4 is 23.9 Å². The van der Waals surface area contributed by atoms with Crippen LogP contribution in [0, 0.1) is 0 Å². The fourth-order valence-electron chi connectivity index (χ4n) is 8.26. The van der Waals surface area contributed by atoms with Crippen LogP contribution in [0.3, 0.4) is 0 Å². The van der Waals surface area contributed by atoms with Crippen LogP contribution in [0.1, 0.15) is 53.6 Å². The monoisotopic (exact) mass is 1030 g/mol. The zero-order valence-electron chi connectivity index (χ0n) is 41.8. The first-order chi connectivity index (χ1) is 36.4. The van der Waals surface area contributed by atoms with Crippen LogP contribution in [0.15, 0.2) is 182 Å². The number of amides is 3. The molecule has 0 spiro atoms. The van der Waals surface area contributed by atoms with Crippen LogP contribution >= 0.6 is 0 Å². The second kappa shape index (κ2) is 28.4. The topological polar surface area (TPSA) is 169 Å². The summed E-state index contributed by atoms with van der Waals surface area (Å²) < 4.78 is 79.3. The van der Waals surface area contributed by atoms with Gasteiger partial charge in [-0.3, -0.25) is 9.59 Å². The minimum absolute atomic E-state index is 0.0268. The van der Waals surface area contributed by atoms with E-state index in [4.69, 9.17) is 33.2 Å². The van der Waals surface area contributed by atoms with E-state index in [1.54, 1.807) is 78.9 Å². The van der Waals surface area contributed by atoms with Gasteiger partial charge in [0.1, 0.15) is 55.8 Å². The van der Waals surface area contributed by atoms with Gasteiger partial charge in [0, 0.05) is 6.42 Å². The molecular formula is C59H63F2N3O11. The molecule has 0 unspecified atom stereocenters. The molecule has 1 aliphatic rings. The highest BCUT2D eigenvalue weighted by molar-refractivity contribution is 5.92. The van der Waals surface area contributed by atoms with Crippen molar-refractivity contribution in [3.05, 3.63) is 215 Å². The van der Waals surface area contributed by atoms with Crippen molar-refractivity contribution in [3.8, 4) is 0 Å². The number of halogens is 2. The Morgan fingerprint density at radius 3 is 1.33 bits per heavy atom. The molecule has 7 rings (SSSR count). The van der Waals surface area contributed by atoms with Gasteiger partial charge in [0.25, 0.3) is 5.92 Å². The molecule has 0 aliphatic carbocycles. The lowest BCUT2D eigenvalue weighted by molar-refractivity contribution is -0.311. The first kappa shape index (κ1) is 55.4. The van der Waals surface area contributed by atoms with Gasteiger partial charge in [-0.2, -0.15) is 0 Å². The highest BCUT2D eigenvalue weighted by atomic mass is 19.3. The molecule has 1 aliphatic heterocycles. The molecule has 14 nitrogen and oxygen atoms in total. The van der Waals surface area contributed by atoms with Gasteiger partial charge in [0.2, 0.25) is 11.8 Å². The largest absolute Gasteiger partial charge is 0.459 e. The van der Waals surface area contributed by atoms with Gasteiger partial charge >= 0.3 is 12.1 Å². The summed E-state index contributed by atoms with van der Waals surface area (Å²) in [6, 6.07) is 49.9. The standard InChI is InChI=1S/C59H63F2N3O11/c1-41(55(65)63-42(2)57(67)73-38-47-29-17-7-18-30-47)62-56(66)49(64-58(68)74-39-48-31-19-8-20-32-48)33-59(60,61)54-53(72-37-46-27-15-6-16-28-46)52(71-36-45-25-13-5-14-26-45)51(70-35-44-23-11-4-12-24-44)50(75-54)40-69-34-43-21-9-3-10-22-43/h3-32,41-42,49-54H,33-40H2,1-2H3,(H,62,66)(H,63,65)(H,64,68)/t41-,42-,49+,50+,51-,52-,53+,54+/m0/s1. The Hall–Kier alpha value is -7.34. The van der Waals surface area contributed by atoms with Crippen molar-refractivity contribution in [2.24, 2.45) is 0 Å². The summed E-state index contributed by atoms with van der Waals surface area (Å²) in [4.78, 5) is 54.1. The van der Waals surface area contributed by atoms with Gasteiger partial charge < -0.3 is 49.1 Å². The van der Waals surface area contributed by atoms with Crippen LogP contribution in [0.2, 0.25) is 0 Å². The molecule has 3 amide bonds.